The summed E-state index contributed by atoms with van der Waals surface area (Å²) in [7, 11) is 3.40. The first-order valence-electron chi connectivity index (χ1n) is 18.7. The zero-order valence-corrected chi connectivity index (χ0v) is 31.9. The highest BCUT2D eigenvalue weighted by Crippen LogP contribution is 2.28. The van der Waals surface area contributed by atoms with Crippen LogP contribution in [-0.2, 0) is 22.6 Å². The van der Waals surface area contributed by atoms with Crippen LogP contribution in [0, 0.1) is 0 Å². The number of nitrogens with zero attached hydrogens (tertiary/aromatic N) is 7. The van der Waals surface area contributed by atoms with E-state index in [4.69, 9.17) is 8.83 Å². The first-order chi connectivity index (χ1) is 26.8. The molecular weight excluding hydrogens is 695 g/mol. The highest BCUT2D eigenvalue weighted by molar-refractivity contribution is 5.96. The Morgan fingerprint density at radius 3 is 2.07 bits per heavy atom. The lowest BCUT2D eigenvalue weighted by atomic mass is 9.99. The van der Waals surface area contributed by atoms with Gasteiger partial charge in [0.2, 0.25) is 11.8 Å². The number of carbonyl (C=O) groups is 3. The molecule has 55 heavy (non-hydrogen) atoms. The van der Waals surface area contributed by atoms with E-state index >= 15 is 0 Å². The van der Waals surface area contributed by atoms with Crippen LogP contribution in [0.5, 0.6) is 0 Å². The largest absolute Gasteiger partial charge is 0.464 e. The Hall–Kier alpha value is -6.30. The van der Waals surface area contributed by atoms with Crippen molar-refractivity contribution in [2.24, 2.45) is 0 Å². The molecule has 284 valence electrons. The fourth-order valence-electron chi connectivity index (χ4n) is 6.57. The molecule has 0 aliphatic carbocycles. The van der Waals surface area contributed by atoms with E-state index in [1.807, 2.05) is 66.1 Å². The van der Waals surface area contributed by atoms with Gasteiger partial charge in [-0.1, -0.05) is 43.3 Å². The predicted octanol–water partition coefficient (Wildman–Crippen LogP) is 7.14. The number of furan rings is 2. The number of hydrogen-bond donors (Lipinski definition) is 0. The van der Waals surface area contributed by atoms with E-state index in [1.54, 1.807) is 55.9 Å². The molecule has 0 radical (unpaired) electrons. The second-order valence-electron chi connectivity index (χ2n) is 13.4. The van der Waals surface area contributed by atoms with Gasteiger partial charge in [-0.15, -0.1) is 5.10 Å². The van der Waals surface area contributed by atoms with Gasteiger partial charge in [-0.3, -0.25) is 24.0 Å². The minimum Gasteiger partial charge on any atom is -0.464 e. The summed E-state index contributed by atoms with van der Waals surface area (Å²) in [5.74, 6) is 0.437. The second-order valence-corrected chi connectivity index (χ2v) is 13.4. The van der Waals surface area contributed by atoms with Gasteiger partial charge in [0.05, 0.1) is 25.4 Å². The Balaban J connectivity index is 0.000000182. The number of pyridine rings is 1. The molecule has 3 amide bonds. The van der Waals surface area contributed by atoms with Crippen molar-refractivity contribution < 1.29 is 23.2 Å². The van der Waals surface area contributed by atoms with E-state index in [-0.39, 0.29) is 17.7 Å². The van der Waals surface area contributed by atoms with Gasteiger partial charge in [-0.25, -0.2) is 0 Å². The molecule has 2 aliphatic heterocycles. The summed E-state index contributed by atoms with van der Waals surface area (Å²) in [5.41, 5.74) is 7.04. The molecule has 0 fully saturated rings. The average Bonchev–Trinajstić information content (AvgIpc) is 4.02. The second kappa shape index (κ2) is 18.2. The molecule has 0 spiro atoms. The van der Waals surface area contributed by atoms with Crippen molar-refractivity contribution in [3.8, 4) is 0 Å². The van der Waals surface area contributed by atoms with Crippen molar-refractivity contribution in [2.75, 3.05) is 40.3 Å². The van der Waals surface area contributed by atoms with Crippen molar-refractivity contribution in [2.45, 2.75) is 46.1 Å². The van der Waals surface area contributed by atoms with E-state index in [9.17, 15) is 14.4 Å². The summed E-state index contributed by atoms with van der Waals surface area (Å²) in [4.78, 5) is 46.6. The zero-order chi connectivity index (χ0) is 38.7. The highest BCUT2D eigenvalue weighted by atomic mass is 16.3. The van der Waals surface area contributed by atoms with Crippen LogP contribution in [0.2, 0.25) is 0 Å². The van der Waals surface area contributed by atoms with Crippen LogP contribution in [0.1, 0.15) is 60.4 Å². The molecule has 6 heterocycles. The topological polar surface area (TPSA) is 131 Å². The molecule has 0 N–H and O–H groups in total. The maximum atomic E-state index is 12.7. The number of benzene rings is 2. The zero-order valence-electron chi connectivity index (χ0n) is 31.9. The fraction of sp³-hybridized carbons (Fsp3) is 0.302. The molecule has 12 nitrogen and oxygen atoms in total. The van der Waals surface area contributed by atoms with Crippen LogP contribution in [0.4, 0.5) is 0 Å². The minimum absolute atomic E-state index is 0.116. The Morgan fingerprint density at radius 1 is 0.764 bits per heavy atom. The molecule has 0 bridgehead atoms. The van der Waals surface area contributed by atoms with E-state index in [2.05, 4.69) is 39.6 Å². The van der Waals surface area contributed by atoms with Crippen molar-refractivity contribution >= 4 is 50.8 Å². The van der Waals surface area contributed by atoms with Crippen LogP contribution in [-0.4, -0.2) is 92.7 Å². The van der Waals surface area contributed by atoms with Crippen molar-refractivity contribution in [1.82, 2.24) is 34.7 Å². The standard InChI is InChI=1S/C23H23N3O3.C18H18N4O2.C2H6/c1-25(2)23(28)21-14-19-13-17(5-6-20(19)29-21)18-4-3-11-26(15-18)22(27)12-16-7-9-24-10-8-16;23-18(5-9-22-10-7-19-20-22)21-8-1-2-16(13-21)14-3-4-17-15(12-14)6-11-24-17;1-2/h4-10,13-14H,3,11-12,15H2,1-2H3;2-4,6-7,10-12H,1,5,8-9,13H2;1-2H3. The molecule has 2 aliphatic rings. The Bertz CT molecular complexity index is 2290. The number of aryl methyl sites for hydroxylation is 1. The first-order valence-corrected chi connectivity index (χ1v) is 18.7. The number of carbonyl (C=O) groups excluding carboxylic acids is 3. The molecule has 0 saturated carbocycles. The average molecular weight is 742 g/mol. The first kappa shape index (κ1) is 38.4. The normalized spacial score (nSPS) is 14.0. The number of fused-ring (bicyclic) bond motifs is 2. The van der Waals surface area contributed by atoms with E-state index in [0.29, 0.717) is 43.8 Å². The van der Waals surface area contributed by atoms with Crippen LogP contribution < -0.4 is 0 Å². The lowest BCUT2D eigenvalue weighted by molar-refractivity contribution is -0.131. The lowest BCUT2D eigenvalue weighted by Gasteiger charge is -2.28. The summed E-state index contributed by atoms with van der Waals surface area (Å²) in [5, 5.41) is 9.62. The van der Waals surface area contributed by atoms with Crippen molar-refractivity contribution in [3.63, 3.8) is 0 Å². The maximum absolute atomic E-state index is 12.7. The van der Waals surface area contributed by atoms with Gasteiger partial charge in [-0.2, -0.15) is 0 Å². The van der Waals surface area contributed by atoms with Gasteiger partial charge in [0.1, 0.15) is 11.2 Å². The smallest absolute Gasteiger partial charge is 0.289 e. The number of aromatic nitrogens is 4. The van der Waals surface area contributed by atoms with Crippen LogP contribution in [0.3, 0.4) is 0 Å². The predicted molar refractivity (Wildman–Crippen MR) is 213 cm³/mol. The van der Waals surface area contributed by atoms with E-state index in [0.717, 1.165) is 64.6 Å². The third-order valence-corrected chi connectivity index (χ3v) is 9.47. The fourth-order valence-corrected chi connectivity index (χ4v) is 6.57. The molecule has 12 heteroatoms. The van der Waals surface area contributed by atoms with Crippen LogP contribution >= 0.6 is 0 Å². The Kier molecular flexibility index (Phi) is 12.7. The Morgan fingerprint density at radius 2 is 1.42 bits per heavy atom. The van der Waals surface area contributed by atoms with E-state index in [1.165, 1.54) is 10.5 Å². The van der Waals surface area contributed by atoms with Gasteiger partial charge in [-0.05, 0) is 89.2 Å². The summed E-state index contributed by atoms with van der Waals surface area (Å²) in [6.45, 7) is 7.29. The van der Waals surface area contributed by atoms with Gasteiger partial charge >= 0.3 is 0 Å². The summed E-state index contributed by atoms with van der Waals surface area (Å²) in [6, 6.07) is 19.5. The minimum atomic E-state index is -0.160. The van der Waals surface area contributed by atoms with Crippen LogP contribution in [0.25, 0.3) is 33.1 Å². The number of amides is 3. The quantitative estimate of drug-likeness (QED) is 0.161. The Labute approximate surface area is 320 Å². The third-order valence-electron chi connectivity index (χ3n) is 9.47. The summed E-state index contributed by atoms with van der Waals surface area (Å²) < 4.78 is 12.8. The molecular formula is C43H47N7O5. The molecule has 8 rings (SSSR count). The summed E-state index contributed by atoms with van der Waals surface area (Å²) >= 11 is 0. The number of hydrogen-bond acceptors (Lipinski definition) is 8. The molecule has 2 aromatic carbocycles. The molecule has 6 aromatic rings. The van der Waals surface area contributed by atoms with Crippen LogP contribution in [0.15, 0.2) is 113 Å². The van der Waals surface area contributed by atoms with Gasteiger partial charge in [0.25, 0.3) is 5.91 Å². The SMILES string of the molecule is CC.CN(C)C(=O)c1cc2cc(C3=CCCN(C(=O)Cc4ccncc4)C3)ccc2o1.O=C(CCn1ccnn1)N1CCC=C(c2ccc3occc3c2)C1. The monoisotopic (exact) mass is 741 g/mol. The number of rotatable bonds is 8. The molecule has 4 aromatic heterocycles. The molecule has 0 unspecified atom stereocenters. The maximum Gasteiger partial charge on any atom is 0.289 e. The third kappa shape index (κ3) is 9.63. The van der Waals surface area contributed by atoms with Crippen molar-refractivity contribution in [3.05, 3.63) is 126 Å². The van der Waals surface area contributed by atoms with Gasteiger partial charge in [0, 0.05) is 76.1 Å². The van der Waals surface area contributed by atoms with E-state index < -0.39 is 0 Å². The van der Waals surface area contributed by atoms with Crippen molar-refractivity contribution in [1.29, 1.82) is 0 Å². The summed E-state index contributed by atoms with van der Waals surface area (Å²) in [6.07, 6.45) is 15.4. The molecule has 0 atom stereocenters. The molecule has 0 saturated heterocycles. The van der Waals surface area contributed by atoms with Gasteiger partial charge in [0.15, 0.2) is 5.76 Å². The lowest BCUT2D eigenvalue weighted by Crippen LogP contribution is -2.36. The van der Waals surface area contributed by atoms with Gasteiger partial charge < -0.3 is 23.5 Å². The highest BCUT2D eigenvalue weighted by Gasteiger charge is 2.22.